The minimum absolute atomic E-state index is 0. The smallest absolute Gasteiger partial charge is 0 e. The van der Waals surface area contributed by atoms with Gasteiger partial charge in [-0.25, -0.2) is 0 Å². The second-order valence-electron chi connectivity index (χ2n) is 1.88. The topological polar surface area (TPSA) is 55.1 Å². The molecule has 10 heavy (non-hydrogen) atoms. The van der Waals surface area contributed by atoms with Gasteiger partial charge in [-0.2, -0.15) is 6.41 Å². The van der Waals surface area contributed by atoms with Crippen LogP contribution in [0.4, 0.5) is 0 Å². The standard InChI is InChI=1S/C6H13N2O.Fm/c7-4-2-1-3-5-8-6-9;/h1-5,7H2,(H,8,9);/q-1;. The fourth-order valence-electron chi connectivity index (χ4n) is 0.586. The molecule has 0 aromatic carbocycles. The summed E-state index contributed by atoms with van der Waals surface area (Å²) in [6.45, 7) is 1.47. The van der Waals surface area contributed by atoms with E-state index in [4.69, 9.17) is 5.73 Å². The molecule has 0 aliphatic carbocycles. The van der Waals surface area contributed by atoms with Gasteiger partial charge in [0.05, 0.1) is 0 Å². The first-order chi connectivity index (χ1) is 4.41. The second kappa shape index (κ2) is 10.4. The number of nitrogens with two attached hydrogens (primary N) is 1. The molecule has 0 bridgehead atoms. The number of unbranched alkanes of at least 4 members (excludes halogenated alkanes) is 2. The van der Waals surface area contributed by atoms with Crippen molar-refractivity contribution in [2.45, 2.75) is 19.3 Å². The summed E-state index contributed by atoms with van der Waals surface area (Å²) in [6, 6.07) is 0. The zero-order chi connectivity index (χ0) is 6.95. The average Bonchev–Trinajstić information content (AvgIpc) is 1.89. The monoisotopic (exact) mass is 386 g/mol. The number of hydrogen-bond donors (Lipinski definition) is 2. The van der Waals surface area contributed by atoms with Crippen molar-refractivity contribution in [2.24, 2.45) is 5.73 Å². The summed E-state index contributed by atoms with van der Waals surface area (Å²) < 4.78 is 0. The molecule has 3 nitrogen and oxygen atoms in total. The van der Waals surface area contributed by atoms with Crippen LogP contribution >= 0.6 is 0 Å². The van der Waals surface area contributed by atoms with Crippen LogP contribution in [0.25, 0.3) is 0 Å². The van der Waals surface area contributed by atoms with Gasteiger partial charge in [0.25, 0.3) is 0 Å². The van der Waals surface area contributed by atoms with Crippen molar-refractivity contribution in [2.75, 3.05) is 13.1 Å². The third-order valence-corrected chi connectivity index (χ3v) is 1.08. The van der Waals surface area contributed by atoms with Crippen LogP contribution in [0.2, 0.25) is 0 Å². The number of rotatable bonds is 6. The number of nitrogens with one attached hydrogen (secondary N) is 1. The van der Waals surface area contributed by atoms with Crippen LogP contribution in [-0.4, -0.2) is 19.5 Å². The Labute approximate surface area is 55.6 Å². The molecular formula is C6H13FmN2O-. The summed E-state index contributed by atoms with van der Waals surface area (Å²) in [7, 11) is 0. The van der Waals surface area contributed by atoms with Crippen molar-refractivity contribution >= 4 is 6.41 Å². The molecule has 66 valence electrons. The molecule has 0 atom stereocenters. The predicted molar refractivity (Wildman–Crippen MR) is 36.6 cm³/mol. The first-order valence-corrected chi connectivity index (χ1v) is 3.22. The van der Waals surface area contributed by atoms with Crippen molar-refractivity contribution in [3.8, 4) is 0 Å². The molecule has 0 saturated carbocycles. The van der Waals surface area contributed by atoms with Crippen LogP contribution in [0.5, 0.6) is 0 Å². The summed E-state index contributed by atoms with van der Waals surface area (Å²) in [5.41, 5.74) is 5.25. The van der Waals surface area contributed by atoms with Crippen molar-refractivity contribution in [1.29, 1.82) is 0 Å². The van der Waals surface area contributed by atoms with Gasteiger partial charge in [0, 0.05) is 0 Å². The normalized spacial score (nSPS) is 8.10. The van der Waals surface area contributed by atoms with Crippen LogP contribution in [-0.2, 0) is 4.79 Å². The van der Waals surface area contributed by atoms with E-state index < -0.39 is 0 Å². The summed E-state index contributed by atoms with van der Waals surface area (Å²) >= 11 is 0. The van der Waals surface area contributed by atoms with Crippen molar-refractivity contribution in [3.63, 3.8) is 0 Å². The van der Waals surface area contributed by atoms with Gasteiger partial charge >= 0.3 is 0 Å². The number of amides is 1. The van der Waals surface area contributed by atoms with Crippen molar-refractivity contribution in [3.05, 3.63) is 0 Å². The molecule has 1 amide bonds. The maximum absolute atomic E-state index is 9.58. The van der Waals surface area contributed by atoms with Crippen LogP contribution in [0.3, 0.4) is 0 Å². The van der Waals surface area contributed by atoms with E-state index in [1.807, 2.05) is 0 Å². The van der Waals surface area contributed by atoms with E-state index in [1.54, 1.807) is 6.41 Å². The Morgan fingerprint density at radius 3 is 2.50 bits per heavy atom. The van der Waals surface area contributed by atoms with Crippen molar-refractivity contribution in [1.82, 2.24) is 5.32 Å². The van der Waals surface area contributed by atoms with Gasteiger partial charge in [-0.1, -0.05) is 6.42 Å². The van der Waals surface area contributed by atoms with E-state index in [0.29, 0.717) is 0 Å². The Hall–Kier alpha value is -1.57. The minimum Gasteiger partial charge on any atom is -0.530 e. The Balaban J connectivity index is 0. The van der Waals surface area contributed by atoms with E-state index in [0.717, 1.165) is 32.4 Å². The van der Waals surface area contributed by atoms with Crippen LogP contribution in [0.15, 0.2) is 0 Å². The molecule has 4 heteroatoms. The third kappa shape index (κ3) is 9.66. The molecule has 3 N–H and O–H groups in total. The van der Waals surface area contributed by atoms with Gasteiger partial charge in [0.2, 0.25) is 0 Å². The molecule has 0 radical (unpaired) electrons. The molecule has 0 fully saturated rings. The van der Waals surface area contributed by atoms with Gasteiger partial charge < -0.3 is 15.8 Å². The SMILES string of the molecule is NCCCCCN[C-]=O.[Fm]. The first kappa shape index (κ1) is 11.3. The van der Waals surface area contributed by atoms with Gasteiger partial charge in [-0.3, -0.25) is 0 Å². The van der Waals surface area contributed by atoms with Crippen LogP contribution < -0.4 is 11.1 Å². The summed E-state index contributed by atoms with van der Waals surface area (Å²) in [5, 5.41) is 2.46. The van der Waals surface area contributed by atoms with Crippen LogP contribution in [0.1, 0.15) is 19.3 Å². The van der Waals surface area contributed by atoms with E-state index in [-0.39, 0.29) is 0 Å². The van der Waals surface area contributed by atoms with Crippen molar-refractivity contribution < 1.29 is 4.79 Å². The molecule has 0 saturated heterocycles. The zero-order valence-electron chi connectivity index (χ0n) is 5.81. The molecule has 0 aromatic rings. The minimum atomic E-state index is 0. The molecule has 0 aromatic heterocycles. The van der Waals surface area contributed by atoms with Gasteiger partial charge in [0.1, 0.15) is 0 Å². The molecule has 0 aliphatic rings. The fourth-order valence-corrected chi connectivity index (χ4v) is 0.586. The third-order valence-electron chi connectivity index (χ3n) is 1.08. The Morgan fingerprint density at radius 1 is 1.30 bits per heavy atom. The maximum Gasteiger partial charge on any atom is 0 e. The molecule has 0 aliphatic heterocycles. The second-order valence-corrected chi connectivity index (χ2v) is 1.88. The average molecular weight is 386 g/mol. The maximum atomic E-state index is 9.58. The van der Waals surface area contributed by atoms with E-state index in [1.165, 1.54) is 0 Å². The number of carbonyl (C=O) groups excluding carboxylic acids is 1. The molecule has 0 heterocycles. The number of hydrogen-bond acceptors (Lipinski definition) is 2. The van der Waals surface area contributed by atoms with E-state index >= 15 is 0 Å². The van der Waals surface area contributed by atoms with E-state index in [9.17, 15) is 4.79 Å². The molecule has 0 spiro atoms. The summed E-state index contributed by atoms with van der Waals surface area (Å²) in [6.07, 6.45) is 4.75. The zero-order valence-corrected chi connectivity index (χ0v) is 8.21. The van der Waals surface area contributed by atoms with Gasteiger partial charge in [-0.15, -0.1) is 0 Å². The first-order valence-electron chi connectivity index (χ1n) is 3.22. The van der Waals surface area contributed by atoms with Gasteiger partial charge in [-0.05, 0) is 25.9 Å². The fraction of sp³-hybridized carbons (Fsp3) is 0.833. The Bertz CT molecular complexity index is 70.8. The Morgan fingerprint density at radius 2 is 2.00 bits per heavy atom. The summed E-state index contributed by atoms with van der Waals surface area (Å²) in [5.74, 6) is 0. The molecule has 0 rings (SSSR count). The van der Waals surface area contributed by atoms with Crippen LogP contribution in [0, 0.1) is 0 Å². The van der Waals surface area contributed by atoms with E-state index in [2.05, 4.69) is 5.32 Å². The van der Waals surface area contributed by atoms with Gasteiger partial charge in [0.15, 0.2) is 0 Å². The summed E-state index contributed by atoms with van der Waals surface area (Å²) in [4.78, 5) is 9.58. The molecule has 0 unspecified atom stereocenters. The predicted octanol–water partition coefficient (Wildman–Crippen LogP) is -0.228. The molecular weight excluding hydrogens is 373 g/mol. The Kier molecular flexibility index (Phi) is 11.7. The largest absolute Gasteiger partial charge is 0.530 e. The quantitative estimate of drug-likeness (QED) is 0.377.